The predicted molar refractivity (Wildman–Crippen MR) is 317 cm³/mol. The third-order valence-electron chi connectivity index (χ3n) is 16.7. The molecule has 0 saturated carbocycles. The lowest BCUT2D eigenvalue weighted by molar-refractivity contribution is -0.320. The van der Waals surface area contributed by atoms with Gasteiger partial charge in [0.1, 0.15) is 16.6 Å². The number of carbonyl (C=O) groups is 7. The van der Waals surface area contributed by atoms with Gasteiger partial charge >= 0.3 is 23.9 Å². The SMILES string of the molecule is COc1ccc(C(=O)Nc2c(Cl)cncc2Cl)cc1OCCSC1C(=O)O[C@@]2(C)[C@H]1[C@@H](C)C(=O)[C@H](C)C[C@@](C)(OC)[C@H](O[C@@H]1O[C@H](C)C[C@H](N(C)C(C)=O)[C@H]1OC(C)=O)[C@@H](C)[C@H](O[C@H]1C[C@@](C)(OC)[C@@H](OC(C)=O)[C@H](C)O1)[C@@H](C)C(=O)O[C@@H]2I. The van der Waals surface area contributed by atoms with Crippen LogP contribution in [-0.4, -0.2) is 174 Å². The minimum atomic E-state index is -1.58. The van der Waals surface area contributed by atoms with Gasteiger partial charge in [-0.25, -0.2) is 0 Å². The molecule has 1 unspecified atom stereocenters. The third-order valence-corrected chi connectivity index (χ3v) is 20.0. The van der Waals surface area contributed by atoms with Crippen LogP contribution in [0.15, 0.2) is 30.6 Å². The summed E-state index contributed by atoms with van der Waals surface area (Å²) >= 11 is 15.7. The van der Waals surface area contributed by atoms with Crippen LogP contribution in [0.25, 0.3) is 0 Å². The number of anilines is 1. The molecule has 19 atom stereocenters. The molecule has 2 aromatic rings. The first-order valence-corrected chi connectivity index (χ1v) is 30.8. The number of hydrogen-bond acceptors (Lipinski definition) is 21. The average molecular weight is 1350 g/mol. The lowest BCUT2D eigenvalue weighted by Gasteiger charge is -2.50. The number of cyclic esters (lactones) is 1. The van der Waals surface area contributed by atoms with Gasteiger partial charge in [-0.1, -0.05) is 44.0 Å². The number of Topliss-reactive ketones (excluding diaryl/α,β-unsaturated/α-hetero) is 1. The Morgan fingerprint density at radius 2 is 1.45 bits per heavy atom. The van der Waals surface area contributed by atoms with E-state index in [0.29, 0.717) is 5.75 Å². The van der Waals surface area contributed by atoms with Crippen molar-refractivity contribution in [3.8, 4) is 11.5 Å². The maximum Gasteiger partial charge on any atom is 0.320 e. The minimum absolute atomic E-state index is 0.00160. The molecule has 4 saturated heterocycles. The van der Waals surface area contributed by atoms with E-state index in [1.165, 1.54) is 83.3 Å². The van der Waals surface area contributed by atoms with Crippen molar-refractivity contribution in [1.82, 2.24) is 9.88 Å². The van der Waals surface area contributed by atoms with Crippen molar-refractivity contribution in [3.05, 3.63) is 46.2 Å². The topological polar surface area (TPSA) is 258 Å². The second-order valence-corrected chi connectivity index (χ2v) is 26.0. The number of pyridine rings is 1. The highest BCUT2D eigenvalue weighted by molar-refractivity contribution is 14.1. The number of ketones is 1. The number of nitrogens with zero attached hydrogens (tertiary/aromatic N) is 2. The van der Waals surface area contributed by atoms with Gasteiger partial charge in [0.25, 0.3) is 5.91 Å². The van der Waals surface area contributed by atoms with Gasteiger partial charge in [0.05, 0.1) is 71.4 Å². The second kappa shape index (κ2) is 28.8. The molecule has 6 rings (SSSR count). The van der Waals surface area contributed by atoms with Crippen molar-refractivity contribution in [2.24, 2.45) is 29.6 Å². The number of esters is 4. The summed E-state index contributed by atoms with van der Waals surface area (Å²) in [6.45, 7) is 19.5. The summed E-state index contributed by atoms with van der Waals surface area (Å²) in [6.07, 6.45) is -5.11. The number of thioether (sulfide) groups is 1. The fourth-order valence-electron chi connectivity index (χ4n) is 12.1. The van der Waals surface area contributed by atoms with Crippen LogP contribution in [0.2, 0.25) is 10.0 Å². The van der Waals surface area contributed by atoms with Crippen LogP contribution in [-0.2, 0) is 76.1 Å². The van der Waals surface area contributed by atoms with Gasteiger partial charge in [-0.2, -0.15) is 0 Å². The maximum atomic E-state index is 15.3. The van der Waals surface area contributed by atoms with Crippen molar-refractivity contribution in [2.75, 3.05) is 46.1 Å². The number of nitrogens with one attached hydrogen (secondary N) is 1. The molecule has 0 spiro atoms. The molecule has 4 aliphatic heterocycles. The standard InChI is InChI=1S/C58H80Cl2IN3O19S/c1-27-23-56(10,73-15)49(81-54-47(78-34(8)66)39(21-28(2)76-54)64(13)33(7)65)30(4)46(80-42-24-57(11,74-16)50(32(6)77-42)79-35(9)67)31(5)52(70)82-55(61)58(12)43(29(3)45(27)68)48(53(71)83-58)84-20-19-75-41-22-36(17-18-40(41)72-14)51(69)63-44-37(59)25-62-26-38(44)60/h17-18,22,25-32,39,42-43,46-50,54-55H,19-21,23-24H2,1-16H3,(H,62,63,69)/t27-,28-,29-,30+,31-,32+,39+,42+,43+,46+,47-,48?,49-,50+,54+,55+,56-,57-,58+/m1/s1. The molecule has 1 N–H and O–H groups in total. The van der Waals surface area contributed by atoms with E-state index < -0.39 is 141 Å². The molecule has 26 heteroatoms. The number of benzene rings is 1. The Morgan fingerprint density at radius 1 is 0.821 bits per heavy atom. The Kier molecular flexibility index (Phi) is 23.7. The number of fused-ring (bicyclic) bond motifs is 1. The van der Waals surface area contributed by atoms with E-state index in [0.717, 1.165) is 0 Å². The first kappa shape index (κ1) is 69.0. The van der Waals surface area contributed by atoms with Crippen molar-refractivity contribution < 1.29 is 90.4 Å². The summed E-state index contributed by atoms with van der Waals surface area (Å²) in [5.41, 5.74) is -3.80. The first-order valence-electron chi connectivity index (χ1n) is 27.8. The van der Waals surface area contributed by atoms with Crippen LogP contribution >= 0.6 is 57.6 Å². The summed E-state index contributed by atoms with van der Waals surface area (Å²) < 4.78 is 74.6. The molecule has 4 aliphatic rings. The van der Waals surface area contributed by atoms with E-state index in [9.17, 15) is 24.0 Å². The number of halogens is 3. The summed E-state index contributed by atoms with van der Waals surface area (Å²) in [5, 5.41) is 1.99. The highest BCUT2D eigenvalue weighted by Gasteiger charge is 2.62. The van der Waals surface area contributed by atoms with Gasteiger partial charge in [0.15, 0.2) is 46.0 Å². The van der Waals surface area contributed by atoms with Gasteiger partial charge < -0.3 is 67.1 Å². The normalized spacial score (nSPS) is 35.8. The van der Waals surface area contributed by atoms with Crippen molar-refractivity contribution in [1.29, 1.82) is 0 Å². The van der Waals surface area contributed by atoms with Crippen LogP contribution in [0.1, 0.15) is 113 Å². The molecule has 22 nitrogen and oxygen atoms in total. The highest BCUT2D eigenvalue weighted by Crippen LogP contribution is 2.50. The smallest absolute Gasteiger partial charge is 0.320 e. The summed E-state index contributed by atoms with van der Waals surface area (Å²) in [4.78, 5) is 102. The monoisotopic (exact) mass is 1350 g/mol. The zero-order chi connectivity index (χ0) is 62.5. The molecule has 1 aromatic heterocycles. The third kappa shape index (κ3) is 15.4. The lowest BCUT2D eigenvalue weighted by Crippen LogP contribution is -2.62. The van der Waals surface area contributed by atoms with Crippen molar-refractivity contribution in [3.63, 3.8) is 0 Å². The first-order chi connectivity index (χ1) is 39.3. The summed E-state index contributed by atoms with van der Waals surface area (Å²) in [6, 6.07) is 3.89. The second-order valence-electron chi connectivity index (χ2n) is 22.8. The predicted octanol–water partition coefficient (Wildman–Crippen LogP) is 8.44. The van der Waals surface area contributed by atoms with Crippen molar-refractivity contribution in [2.45, 2.75) is 184 Å². The number of rotatable bonds is 17. The Bertz CT molecular complexity index is 2710. The van der Waals surface area contributed by atoms with Gasteiger partial charge in [0, 0.05) is 95.8 Å². The number of aromatic nitrogens is 1. The van der Waals surface area contributed by atoms with E-state index >= 15 is 9.59 Å². The Labute approximate surface area is 519 Å². The molecule has 4 fully saturated rings. The lowest BCUT2D eigenvalue weighted by atomic mass is 9.72. The molecule has 0 bridgehead atoms. The zero-order valence-electron chi connectivity index (χ0n) is 50.4. The fraction of sp³-hybridized carbons (Fsp3) is 0.690. The summed E-state index contributed by atoms with van der Waals surface area (Å²) in [5.74, 6) is -7.69. The van der Waals surface area contributed by atoms with E-state index in [1.807, 2.05) is 22.6 Å². The quantitative estimate of drug-likeness (QED) is 0.0512. The van der Waals surface area contributed by atoms with Crippen molar-refractivity contribution >= 4 is 105 Å². The van der Waals surface area contributed by atoms with Crippen LogP contribution in [0, 0.1) is 29.6 Å². The number of amides is 2. The molecule has 0 aliphatic carbocycles. The van der Waals surface area contributed by atoms with E-state index in [-0.39, 0.29) is 70.4 Å². The molecule has 2 amide bonds. The number of methoxy groups -OCH3 is 3. The summed E-state index contributed by atoms with van der Waals surface area (Å²) in [7, 11) is 6.00. The van der Waals surface area contributed by atoms with E-state index in [4.69, 9.17) is 80.0 Å². The van der Waals surface area contributed by atoms with Crippen LogP contribution in [0.5, 0.6) is 11.5 Å². The highest BCUT2D eigenvalue weighted by atomic mass is 127. The van der Waals surface area contributed by atoms with E-state index in [1.54, 1.807) is 75.4 Å². The molecule has 1 aromatic carbocycles. The minimum Gasteiger partial charge on any atom is -0.493 e. The maximum absolute atomic E-state index is 15.3. The van der Waals surface area contributed by atoms with Gasteiger partial charge in [0.2, 0.25) is 5.91 Å². The van der Waals surface area contributed by atoms with E-state index in [2.05, 4.69) is 10.3 Å². The number of ether oxygens (including phenoxy) is 12. The number of carbonyl (C=O) groups excluding carboxylic acids is 7. The Morgan fingerprint density at radius 3 is 2.05 bits per heavy atom. The zero-order valence-corrected chi connectivity index (χ0v) is 54.8. The Balaban J connectivity index is 1.38. The van der Waals surface area contributed by atoms with Gasteiger partial charge in [-0.3, -0.25) is 38.5 Å². The molecule has 5 heterocycles. The average Bonchev–Trinajstić information content (AvgIpc) is 2.93. The van der Waals surface area contributed by atoms with Crippen LogP contribution in [0.4, 0.5) is 5.69 Å². The van der Waals surface area contributed by atoms with Crippen LogP contribution in [0.3, 0.4) is 0 Å². The fourth-order valence-corrected chi connectivity index (χ4v) is 14.6. The number of likely N-dealkylation sites (N-methyl/N-ethyl adjacent to an activating group) is 1. The molecule has 0 radical (unpaired) electrons. The number of alkyl halides is 1. The largest absolute Gasteiger partial charge is 0.493 e. The molecule has 468 valence electrons. The number of hydrogen-bond donors (Lipinski definition) is 1. The van der Waals surface area contributed by atoms with Gasteiger partial charge in [-0.15, -0.1) is 11.8 Å². The van der Waals surface area contributed by atoms with Gasteiger partial charge in [-0.05, 0) is 95.2 Å². The molecular formula is C58H80Cl2IN3O19S. The van der Waals surface area contributed by atoms with Crippen LogP contribution < -0.4 is 14.8 Å². The molecular weight excluding hydrogens is 1270 g/mol. The molecule has 84 heavy (non-hydrogen) atoms. The Hall–Kier alpha value is -4.12.